The van der Waals surface area contributed by atoms with E-state index in [1.54, 1.807) is 26.4 Å². The molecule has 0 radical (unpaired) electrons. The van der Waals surface area contributed by atoms with Crippen LogP contribution < -0.4 is 20.1 Å². The summed E-state index contributed by atoms with van der Waals surface area (Å²) >= 11 is 11.5. The molecule has 0 unspecified atom stereocenters. The molecule has 1 aliphatic rings. The third kappa shape index (κ3) is 4.17. The Labute approximate surface area is 142 Å². The molecule has 1 saturated carbocycles. The van der Waals surface area contributed by atoms with Gasteiger partial charge in [-0.1, -0.05) is 31.4 Å². The van der Waals surface area contributed by atoms with Crippen LogP contribution in [0.2, 0.25) is 5.02 Å². The number of benzene rings is 1. The average Bonchev–Trinajstić information content (AvgIpc) is 2.50. The van der Waals surface area contributed by atoms with Crippen LogP contribution in [0.4, 0.5) is 5.69 Å². The molecule has 4 nitrogen and oxygen atoms in total. The molecule has 2 N–H and O–H groups in total. The summed E-state index contributed by atoms with van der Waals surface area (Å²) in [4.78, 5) is 0. The molecule has 1 aromatic carbocycles. The van der Waals surface area contributed by atoms with Crippen molar-refractivity contribution in [3.05, 3.63) is 17.2 Å². The Morgan fingerprint density at radius 2 is 1.86 bits per heavy atom. The Morgan fingerprint density at radius 1 is 1.18 bits per heavy atom. The first-order valence-corrected chi connectivity index (χ1v) is 8.32. The Kier molecular flexibility index (Phi) is 6.15. The summed E-state index contributed by atoms with van der Waals surface area (Å²) in [5, 5.41) is 7.70. The third-order valence-corrected chi connectivity index (χ3v) is 4.67. The Balaban J connectivity index is 2.07. The zero-order valence-corrected chi connectivity index (χ0v) is 14.8. The molecular formula is C16H23ClN2O2S. The molecule has 0 heterocycles. The van der Waals surface area contributed by atoms with Crippen LogP contribution in [0.15, 0.2) is 12.1 Å². The van der Waals surface area contributed by atoms with Gasteiger partial charge in [0.05, 0.1) is 24.9 Å². The fourth-order valence-corrected chi connectivity index (χ4v) is 3.31. The van der Waals surface area contributed by atoms with Gasteiger partial charge in [0, 0.05) is 18.2 Å². The lowest BCUT2D eigenvalue weighted by atomic mass is 9.86. The number of rotatable bonds is 4. The zero-order valence-electron chi connectivity index (χ0n) is 13.2. The summed E-state index contributed by atoms with van der Waals surface area (Å²) in [7, 11) is 3.18. The van der Waals surface area contributed by atoms with Gasteiger partial charge in [0.15, 0.2) is 5.11 Å². The van der Waals surface area contributed by atoms with Crippen molar-refractivity contribution in [3.8, 4) is 11.5 Å². The van der Waals surface area contributed by atoms with Crippen LogP contribution in [0, 0.1) is 5.92 Å². The minimum Gasteiger partial charge on any atom is -0.495 e. The van der Waals surface area contributed by atoms with Gasteiger partial charge in [-0.2, -0.15) is 0 Å². The average molecular weight is 343 g/mol. The van der Waals surface area contributed by atoms with Crippen LogP contribution in [0.25, 0.3) is 0 Å². The fourth-order valence-electron chi connectivity index (χ4n) is 2.82. The summed E-state index contributed by atoms with van der Waals surface area (Å²) in [6, 6.07) is 3.93. The Morgan fingerprint density at radius 3 is 2.50 bits per heavy atom. The van der Waals surface area contributed by atoms with Gasteiger partial charge in [0.2, 0.25) is 0 Å². The summed E-state index contributed by atoms with van der Waals surface area (Å²) in [6.45, 7) is 2.27. The maximum Gasteiger partial charge on any atom is 0.171 e. The van der Waals surface area contributed by atoms with Gasteiger partial charge < -0.3 is 20.1 Å². The molecule has 1 aliphatic carbocycles. The van der Waals surface area contributed by atoms with E-state index >= 15 is 0 Å². The normalized spacial score (nSPS) is 21.1. The summed E-state index contributed by atoms with van der Waals surface area (Å²) < 4.78 is 10.6. The number of halogens is 1. The number of hydrogen-bond donors (Lipinski definition) is 2. The molecule has 122 valence electrons. The van der Waals surface area contributed by atoms with Crippen molar-refractivity contribution in [3.63, 3.8) is 0 Å². The van der Waals surface area contributed by atoms with E-state index in [2.05, 4.69) is 17.6 Å². The van der Waals surface area contributed by atoms with E-state index in [0.29, 0.717) is 33.6 Å². The highest BCUT2D eigenvalue weighted by Crippen LogP contribution is 2.36. The first-order chi connectivity index (χ1) is 10.5. The lowest BCUT2D eigenvalue weighted by Gasteiger charge is -2.30. The van der Waals surface area contributed by atoms with Gasteiger partial charge in [-0.25, -0.2) is 0 Å². The maximum atomic E-state index is 6.11. The SMILES string of the molecule is COc1cc(NC(=S)N[C@H]2CCCC[C@H]2C)c(OC)cc1Cl. The standard InChI is InChI=1S/C16H23ClN2O2S/c1-10-6-4-5-7-12(10)18-16(22)19-13-9-14(20-2)11(17)8-15(13)21-3/h8-10,12H,4-7H2,1-3H3,(H2,18,19,22)/t10-,12+/m1/s1. The molecule has 2 atom stereocenters. The van der Waals surface area contributed by atoms with Crippen molar-refractivity contribution in [1.82, 2.24) is 5.32 Å². The van der Waals surface area contributed by atoms with Crippen molar-refractivity contribution >= 4 is 34.6 Å². The Bertz CT molecular complexity index is 539. The second kappa shape index (κ2) is 7.88. The van der Waals surface area contributed by atoms with Gasteiger partial charge in [0.1, 0.15) is 11.5 Å². The third-order valence-electron chi connectivity index (χ3n) is 4.15. The number of methoxy groups -OCH3 is 2. The summed E-state index contributed by atoms with van der Waals surface area (Å²) in [5.74, 6) is 1.85. The molecule has 1 aromatic rings. The van der Waals surface area contributed by atoms with Crippen LogP contribution >= 0.6 is 23.8 Å². The molecular weight excluding hydrogens is 320 g/mol. The molecule has 6 heteroatoms. The Hall–Kier alpha value is -1.20. The molecule has 0 spiro atoms. The molecule has 22 heavy (non-hydrogen) atoms. The molecule has 2 rings (SSSR count). The van der Waals surface area contributed by atoms with Gasteiger partial charge in [-0.3, -0.25) is 0 Å². The minimum absolute atomic E-state index is 0.425. The van der Waals surface area contributed by atoms with Gasteiger partial charge >= 0.3 is 0 Å². The summed E-state index contributed by atoms with van der Waals surface area (Å²) in [5.41, 5.74) is 0.740. The predicted molar refractivity (Wildman–Crippen MR) is 95.3 cm³/mol. The van der Waals surface area contributed by atoms with E-state index in [4.69, 9.17) is 33.3 Å². The second-order valence-corrected chi connectivity index (χ2v) is 6.47. The quantitative estimate of drug-likeness (QED) is 0.802. The predicted octanol–water partition coefficient (Wildman–Crippen LogP) is 4.22. The van der Waals surface area contributed by atoms with Crippen molar-refractivity contribution in [1.29, 1.82) is 0 Å². The van der Waals surface area contributed by atoms with Crippen LogP contribution in [-0.4, -0.2) is 25.4 Å². The van der Waals surface area contributed by atoms with Gasteiger partial charge in [-0.05, 0) is 31.0 Å². The molecule has 1 fully saturated rings. The van der Waals surface area contributed by atoms with Crippen molar-refractivity contribution < 1.29 is 9.47 Å². The van der Waals surface area contributed by atoms with Gasteiger partial charge in [0.25, 0.3) is 0 Å². The molecule has 0 aliphatic heterocycles. The lowest BCUT2D eigenvalue weighted by Crippen LogP contribution is -2.43. The van der Waals surface area contributed by atoms with Crippen LogP contribution in [0.1, 0.15) is 32.6 Å². The van der Waals surface area contributed by atoms with E-state index in [1.807, 2.05) is 0 Å². The van der Waals surface area contributed by atoms with Gasteiger partial charge in [-0.15, -0.1) is 0 Å². The van der Waals surface area contributed by atoms with Crippen molar-refractivity contribution in [2.24, 2.45) is 5.92 Å². The number of ether oxygens (including phenoxy) is 2. The van der Waals surface area contributed by atoms with E-state index < -0.39 is 0 Å². The number of anilines is 1. The van der Waals surface area contributed by atoms with Crippen LogP contribution in [0.5, 0.6) is 11.5 Å². The number of nitrogens with one attached hydrogen (secondary N) is 2. The molecule has 0 amide bonds. The van der Waals surface area contributed by atoms with Crippen LogP contribution in [-0.2, 0) is 0 Å². The van der Waals surface area contributed by atoms with E-state index in [9.17, 15) is 0 Å². The zero-order chi connectivity index (χ0) is 16.1. The van der Waals surface area contributed by atoms with Crippen molar-refractivity contribution in [2.75, 3.05) is 19.5 Å². The van der Waals surface area contributed by atoms with E-state index in [1.165, 1.54) is 19.3 Å². The number of hydrogen-bond acceptors (Lipinski definition) is 3. The first kappa shape index (κ1) is 17.2. The monoisotopic (exact) mass is 342 g/mol. The minimum atomic E-state index is 0.425. The highest BCUT2D eigenvalue weighted by atomic mass is 35.5. The highest BCUT2D eigenvalue weighted by molar-refractivity contribution is 7.80. The topological polar surface area (TPSA) is 42.5 Å². The fraction of sp³-hybridized carbons (Fsp3) is 0.562. The lowest BCUT2D eigenvalue weighted by molar-refractivity contribution is 0.309. The van der Waals surface area contributed by atoms with E-state index in [-0.39, 0.29) is 0 Å². The smallest absolute Gasteiger partial charge is 0.171 e. The van der Waals surface area contributed by atoms with Crippen LogP contribution in [0.3, 0.4) is 0 Å². The summed E-state index contributed by atoms with van der Waals surface area (Å²) in [6.07, 6.45) is 4.97. The van der Waals surface area contributed by atoms with Crippen molar-refractivity contribution in [2.45, 2.75) is 38.6 Å². The molecule has 0 aromatic heterocycles. The molecule has 0 saturated heterocycles. The largest absolute Gasteiger partial charge is 0.495 e. The maximum absolute atomic E-state index is 6.11. The second-order valence-electron chi connectivity index (χ2n) is 5.65. The molecule has 0 bridgehead atoms. The van der Waals surface area contributed by atoms with E-state index in [0.717, 1.165) is 12.1 Å². The first-order valence-electron chi connectivity index (χ1n) is 7.54. The number of thiocarbonyl (C=S) groups is 1. The highest BCUT2D eigenvalue weighted by Gasteiger charge is 2.22.